The number of aliphatic hydroxyl groups excluding tert-OH is 1. The molecule has 110 valence electrons. The summed E-state index contributed by atoms with van der Waals surface area (Å²) in [7, 11) is 0. The maximum Gasteiger partial charge on any atom is 0.251 e. The standard InChI is InChI=1S/C17H18ClNO2/c18-15-10-13(4-3-12(15)2-1-9-20)16(21)19-11-17(7-8-17)14-5-6-14/h3-4,10,14,20H,5-9,11H2,(H,19,21). The second-order valence-electron chi connectivity index (χ2n) is 5.97. The Kier molecular flexibility index (Phi) is 3.93. The zero-order valence-electron chi connectivity index (χ0n) is 11.8. The molecule has 0 saturated heterocycles. The molecule has 2 fully saturated rings. The summed E-state index contributed by atoms with van der Waals surface area (Å²) >= 11 is 6.11. The monoisotopic (exact) mass is 303 g/mol. The number of carbonyl (C=O) groups is 1. The molecule has 1 aromatic carbocycles. The number of aliphatic hydroxyl groups is 1. The Morgan fingerprint density at radius 3 is 2.76 bits per heavy atom. The van der Waals surface area contributed by atoms with Crippen molar-refractivity contribution >= 4 is 17.5 Å². The average molecular weight is 304 g/mol. The number of nitrogens with one attached hydrogen (secondary N) is 1. The molecule has 2 N–H and O–H groups in total. The van der Waals surface area contributed by atoms with Crippen molar-refractivity contribution in [3.8, 4) is 11.8 Å². The van der Waals surface area contributed by atoms with Gasteiger partial charge in [0.2, 0.25) is 0 Å². The molecular formula is C17H18ClNO2. The van der Waals surface area contributed by atoms with Crippen molar-refractivity contribution in [1.82, 2.24) is 5.32 Å². The molecule has 0 bridgehead atoms. The number of hydrogen-bond acceptors (Lipinski definition) is 2. The molecule has 0 radical (unpaired) electrons. The molecule has 21 heavy (non-hydrogen) atoms. The van der Waals surface area contributed by atoms with Gasteiger partial charge in [-0.3, -0.25) is 4.79 Å². The van der Waals surface area contributed by atoms with Crippen molar-refractivity contribution in [1.29, 1.82) is 0 Å². The lowest BCUT2D eigenvalue weighted by atomic mass is 10.0. The second-order valence-corrected chi connectivity index (χ2v) is 6.38. The predicted octanol–water partition coefficient (Wildman–Crippen LogP) is 2.60. The molecule has 0 spiro atoms. The number of rotatable bonds is 4. The van der Waals surface area contributed by atoms with E-state index in [0.29, 0.717) is 21.6 Å². The van der Waals surface area contributed by atoms with Gasteiger partial charge in [-0.25, -0.2) is 0 Å². The Morgan fingerprint density at radius 1 is 1.43 bits per heavy atom. The van der Waals surface area contributed by atoms with Crippen molar-refractivity contribution < 1.29 is 9.90 Å². The molecule has 0 aliphatic heterocycles. The van der Waals surface area contributed by atoms with E-state index in [1.54, 1.807) is 18.2 Å². The molecular weight excluding hydrogens is 286 g/mol. The van der Waals surface area contributed by atoms with E-state index in [1.165, 1.54) is 25.7 Å². The fourth-order valence-electron chi connectivity index (χ4n) is 2.84. The first-order chi connectivity index (χ1) is 10.1. The van der Waals surface area contributed by atoms with Crippen molar-refractivity contribution in [2.75, 3.05) is 13.2 Å². The number of benzene rings is 1. The average Bonchev–Trinajstić information content (AvgIpc) is 3.36. The summed E-state index contributed by atoms with van der Waals surface area (Å²) in [6.07, 6.45) is 5.13. The van der Waals surface area contributed by atoms with Crippen LogP contribution in [0.25, 0.3) is 0 Å². The maximum atomic E-state index is 12.2. The van der Waals surface area contributed by atoms with Gasteiger partial charge in [-0.1, -0.05) is 23.4 Å². The lowest BCUT2D eigenvalue weighted by Crippen LogP contribution is -2.31. The van der Waals surface area contributed by atoms with E-state index < -0.39 is 0 Å². The highest BCUT2D eigenvalue weighted by Gasteiger charge is 2.53. The van der Waals surface area contributed by atoms with Crippen LogP contribution in [0, 0.1) is 23.2 Å². The van der Waals surface area contributed by atoms with Crippen LogP contribution < -0.4 is 5.32 Å². The lowest BCUT2D eigenvalue weighted by Gasteiger charge is -2.15. The van der Waals surface area contributed by atoms with Crippen LogP contribution in [0.15, 0.2) is 18.2 Å². The van der Waals surface area contributed by atoms with Gasteiger partial charge in [0, 0.05) is 17.7 Å². The topological polar surface area (TPSA) is 49.3 Å². The summed E-state index contributed by atoms with van der Waals surface area (Å²) in [6.45, 7) is 0.571. The zero-order valence-corrected chi connectivity index (χ0v) is 12.5. The molecule has 1 aromatic rings. The minimum Gasteiger partial charge on any atom is -0.384 e. The molecule has 4 heteroatoms. The van der Waals surface area contributed by atoms with E-state index in [-0.39, 0.29) is 12.5 Å². The highest BCUT2D eigenvalue weighted by atomic mass is 35.5. The van der Waals surface area contributed by atoms with Gasteiger partial charge in [0.15, 0.2) is 0 Å². The minimum absolute atomic E-state index is 0.0782. The lowest BCUT2D eigenvalue weighted by molar-refractivity contribution is 0.0942. The minimum atomic E-state index is -0.207. The van der Waals surface area contributed by atoms with Gasteiger partial charge in [-0.15, -0.1) is 0 Å². The Balaban J connectivity index is 1.63. The number of amides is 1. The van der Waals surface area contributed by atoms with E-state index in [4.69, 9.17) is 16.7 Å². The summed E-state index contributed by atoms with van der Waals surface area (Å²) in [5.74, 6) is 6.05. The Labute approximate surface area is 129 Å². The van der Waals surface area contributed by atoms with Crippen LogP contribution in [0.5, 0.6) is 0 Å². The summed E-state index contributed by atoms with van der Waals surface area (Å²) < 4.78 is 0. The van der Waals surface area contributed by atoms with Gasteiger partial charge in [-0.05, 0) is 55.2 Å². The molecule has 3 rings (SSSR count). The summed E-state index contributed by atoms with van der Waals surface area (Å²) in [5.41, 5.74) is 1.58. The van der Waals surface area contributed by atoms with Crippen molar-refractivity contribution in [3.63, 3.8) is 0 Å². The maximum absolute atomic E-state index is 12.2. The third-order valence-corrected chi connectivity index (χ3v) is 4.78. The van der Waals surface area contributed by atoms with Crippen molar-refractivity contribution in [2.24, 2.45) is 11.3 Å². The Bertz CT molecular complexity index is 621. The van der Waals surface area contributed by atoms with E-state index in [9.17, 15) is 4.79 Å². The van der Waals surface area contributed by atoms with Crippen LogP contribution in [0.4, 0.5) is 0 Å². The van der Waals surface area contributed by atoms with Gasteiger partial charge < -0.3 is 10.4 Å². The van der Waals surface area contributed by atoms with Crippen molar-refractivity contribution in [2.45, 2.75) is 25.7 Å². The van der Waals surface area contributed by atoms with Crippen molar-refractivity contribution in [3.05, 3.63) is 34.3 Å². The van der Waals surface area contributed by atoms with Gasteiger partial charge in [0.25, 0.3) is 5.91 Å². The van der Waals surface area contributed by atoms with Crippen LogP contribution in [-0.4, -0.2) is 24.2 Å². The first kappa shape index (κ1) is 14.4. The normalized spacial score (nSPS) is 18.6. The third-order valence-electron chi connectivity index (χ3n) is 4.47. The van der Waals surface area contributed by atoms with Crippen LogP contribution >= 0.6 is 11.6 Å². The van der Waals surface area contributed by atoms with Crippen LogP contribution in [0.1, 0.15) is 41.6 Å². The highest BCUT2D eigenvalue weighted by molar-refractivity contribution is 6.32. The van der Waals surface area contributed by atoms with Gasteiger partial charge >= 0.3 is 0 Å². The molecule has 1 amide bonds. The van der Waals surface area contributed by atoms with Crippen LogP contribution in [0.3, 0.4) is 0 Å². The largest absolute Gasteiger partial charge is 0.384 e. The molecule has 3 nitrogen and oxygen atoms in total. The van der Waals surface area contributed by atoms with Crippen LogP contribution in [0.2, 0.25) is 5.02 Å². The number of carbonyl (C=O) groups excluding carboxylic acids is 1. The van der Waals surface area contributed by atoms with E-state index in [2.05, 4.69) is 17.2 Å². The molecule has 2 saturated carbocycles. The third kappa shape index (κ3) is 3.23. The predicted molar refractivity (Wildman–Crippen MR) is 82.1 cm³/mol. The fraction of sp³-hybridized carbons (Fsp3) is 0.471. The molecule has 0 unspecified atom stereocenters. The fourth-order valence-corrected chi connectivity index (χ4v) is 3.06. The highest BCUT2D eigenvalue weighted by Crippen LogP contribution is 2.60. The van der Waals surface area contributed by atoms with E-state index >= 15 is 0 Å². The van der Waals surface area contributed by atoms with Gasteiger partial charge in [0.05, 0.1) is 5.02 Å². The summed E-state index contributed by atoms with van der Waals surface area (Å²) in [5, 5.41) is 12.2. The molecule has 0 atom stereocenters. The SMILES string of the molecule is O=C(NCC1(C2CC2)CC1)c1ccc(C#CCO)c(Cl)c1. The van der Waals surface area contributed by atoms with E-state index in [1.807, 2.05) is 0 Å². The molecule has 2 aliphatic rings. The molecule has 0 aromatic heterocycles. The number of halogens is 1. The second kappa shape index (κ2) is 5.71. The van der Waals surface area contributed by atoms with E-state index in [0.717, 1.165) is 12.5 Å². The first-order valence-electron chi connectivity index (χ1n) is 7.32. The Hall–Kier alpha value is -1.50. The summed E-state index contributed by atoms with van der Waals surface area (Å²) in [4.78, 5) is 12.2. The molecule has 2 aliphatic carbocycles. The summed E-state index contributed by atoms with van der Waals surface area (Å²) in [6, 6.07) is 5.07. The zero-order chi connectivity index (χ0) is 14.9. The van der Waals surface area contributed by atoms with Crippen LogP contribution in [-0.2, 0) is 0 Å². The van der Waals surface area contributed by atoms with Gasteiger partial charge in [-0.2, -0.15) is 0 Å². The molecule has 0 heterocycles. The first-order valence-corrected chi connectivity index (χ1v) is 7.70. The van der Waals surface area contributed by atoms with Gasteiger partial charge in [0.1, 0.15) is 6.61 Å². The Morgan fingerprint density at radius 2 is 2.19 bits per heavy atom. The smallest absolute Gasteiger partial charge is 0.251 e. The number of hydrogen-bond donors (Lipinski definition) is 2. The quantitative estimate of drug-likeness (QED) is 0.840.